The lowest BCUT2D eigenvalue weighted by Gasteiger charge is -2.38. The molecule has 212 valence electrons. The molecule has 0 saturated carbocycles. The zero-order chi connectivity index (χ0) is 28.3. The van der Waals surface area contributed by atoms with Gasteiger partial charge in [-0.15, -0.1) is 0 Å². The van der Waals surface area contributed by atoms with Crippen molar-refractivity contribution in [3.05, 3.63) is 47.0 Å². The smallest absolute Gasteiger partial charge is 0.239 e. The van der Waals surface area contributed by atoms with Crippen LogP contribution in [0.2, 0.25) is 0 Å². The van der Waals surface area contributed by atoms with Crippen LogP contribution < -0.4 is 15.0 Å². The summed E-state index contributed by atoms with van der Waals surface area (Å²) in [6.45, 7) is 14.3. The van der Waals surface area contributed by atoms with Gasteiger partial charge in [0.2, 0.25) is 5.88 Å². The average Bonchev–Trinajstić information content (AvgIpc) is 2.88. The fourth-order valence-corrected chi connectivity index (χ4v) is 4.88. The standard InChI is InChI=1S/C29H41F2N7O/c1-18(2)37-11-13-38(14-12-37)25-17-24-27(32-20(4)23-10-8-9-22(19(3)30)26(23)31)33-21(5)34-28(24)35-29(25)39-16-15-36(6)7/h8-10,17-20H,11-16H2,1-7H3,(H,32,33,34,35)/t19?,20-/m1/s1. The van der Waals surface area contributed by atoms with Crippen LogP contribution in [-0.4, -0.2) is 84.2 Å². The van der Waals surface area contributed by atoms with E-state index in [4.69, 9.17) is 9.72 Å². The van der Waals surface area contributed by atoms with Crippen molar-refractivity contribution in [1.82, 2.24) is 24.8 Å². The van der Waals surface area contributed by atoms with E-state index in [9.17, 15) is 4.39 Å². The zero-order valence-electron chi connectivity index (χ0n) is 24.1. The van der Waals surface area contributed by atoms with Crippen LogP contribution in [0.3, 0.4) is 0 Å². The Labute approximate surface area is 230 Å². The number of hydrogen-bond donors (Lipinski definition) is 1. The van der Waals surface area contributed by atoms with Crippen LogP contribution in [-0.2, 0) is 0 Å². The molecule has 0 amide bonds. The first-order chi connectivity index (χ1) is 18.5. The number of aromatic nitrogens is 3. The summed E-state index contributed by atoms with van der Waals surface area (Å²) in [7, 11) is 4.01. The van der Waals surface area contributed by atoms with E-state index >= 15 is 4.39 Å². The fraction of sp³-hybridized carbons (Fsp3) is 0.552. The average molecular weight is 542 g/mol. The molecule has 1 aliphatic heterocycles. The first-order valence-corrected chi connectivity index (χ1v) is 13.7. The second-order valence-electron chi connectivity index (χ2n) is 10.8. The maximum Gasteiger partial charge on any atom is 0.239 e. The van der Waals surface area contributed by atoms with E-state index in [1.165, 1.54) is 13.0 Å². The second-order valence-corrected chi connectivity index (χ2v) is 10.8. The zero-order valence-corrected chi connectivity index (χ0v) is 24.1. The summed E-state index contributed by atoms with van der Waals surface area (Å²) in [6, 6.07) is 6.89. The highest BCUT2D eigenvalue weighted by molar-refractivity contribution is 5.90. The third-order valence-electron chi connectivity index (χ3n) is 7.21. The van der Waals surface area contributed by atoms with E-state index in [1.54, 1.807) is 19.1 Å². The number of fused-ring (bicyclic) bond motifs is 1. The first-order valence-electron chi connectivity index (χ1n) is 13.7. The van der Waals surface area contributed by atoms with E-state index < -0.39 is 18.0 Å². The van der Waals surface area contributed by atoms with Crippen molar-refractivity contribution >= 4 is 22.5 Å². The molecule has 2 atom stereocenters. The van der Waals surface area contributed by atoms with Crippen molar-refractivity contribution in [2.45, 2.75) is 52.9 Å². The number of likely N-dealkylation sites (N-methyl/N-ethyl adjacent to an activating group) is 1. The third-order valence-corrected chi connectivity index (χ3v) is 7.21. The van der Waals surface area contributed by atoms with Crippen molar-refractivity contribution in [1.29, 1.82) is 0 Å². The summed E-state index contributed by atoms with van der Waals surface area (Å²) in [6.07, 6.45) is -1.40. The van der Waals surface area contributed by atoms with Crippen LogP contribution in [0.25, 0.3) is 11.0 Å². The predicted octanol–water partition coefficient (Wildman–Crippen LogP) is 5.15. The van der Waals surface area contributed by atoms with Gasteiger partial charge in [0.25, 0.3) is 0 Å². The lowest BCUT2D eigenvalue weighted by atomic mass is 10.0. The highest BCUT2D eigenvalue weighted by Gasteiger charge is 2.25. The Morgan fingerprint density at radius 3 is 2.36 bits per heavy atom. The number of hydrogen-bond acceptors (Lipinski definition) is 8. The lowest BCUT2D eigenvalue weighted by Crippen LogP contribution is -2.49. The lowest BCUT2D eigenvalue weighted by molar-refractivity contribution is 0.208. The number of nitrogens with zero attached hydrogens (tertiary/aromatic N) is 6. The monoisotopic (exact) mass is 541 g/mol. The molecule has 39 heavy (non-hydrogen) atoms. The molecular weight excluding hydrogens is 500 g/mol. The Bertz CT molecular complexity index is 1280. The van der Waals surface area contributed by atoms with Crippen LogP contribution in [0, 0.1) is 12.7 Å². The van der Waals surface area contributed by atoms with Gasteiger partial charge in [-0.05, 0) is 54.8 Å². The van der Waals surface area contributed by atoms with Gasteiger partial charge in [0.05, 0.1) is 11.4 Å². The molecule has 3 aromatic rings. The van der Waals surface area contributed by atoms with Crippen molar-refractivity contribution < 1.29 is 13.5 Å². The molecule has 0 bridgehead atoms. The van der Waals surface area contributed by atoms with Crippen molar-refractivity contribution in [2.75, 3.05) is 63.6 Å². The molecule has 0 radical (unpaired) electrons. The SMILES string of the molecule is Cc1nc(N[C@H](C)c2cccc(C(C)F)c2F)c2cc(N3CCN(C(C)C)CC3)c(OCCN(C)C)nc2n1. The Morgan fingerprint density at radius 2 is 1.72 bits per heavy atom. The van der Waals surface area contributed by atoms with Gasteiger partial charge in [-0.25, -0.2) is 18.7 Å². The largest absolute Gasteiger partial charge is 0.475 e. The number of nitrogens with one attached hydrogen (secondary N) is 1. The van der Waals surface area contributed by atoms with E-state index in [0.29, 0.717) is 41.4 Å². The van der Waals surface area contributed by atoms with Crippen LogP contribution >= 0.6 is 0 Å². The number of benzene rings is 1. The molecule has 8 nitrogen and oxygen atoms in total. The van der Waals surface area contributed by atoms with Crippen LogP contribution in [0.1, 0.15) is 56.9 Å². The molecule has 10 heteroatoms. The van der Waals surface area contributed by atoms with E-state index in [-0.39, 0.29) is 5.56 Å². The number of pyridine rings is 1. The maximum absolute atomic E-state index is 15.1. The quantitative estimate of drug-likeness (QED) is 0.378. The van der Waals surface area contributed by atoms with Crippen LogP contribution in [0.4, 0.5) is 20.3 Å². The van der Waals surface area contributed by atoms with Gasteiger partial charge in [-0.1, -0.05) is 18.2 Å². The second kappa shape index (κ2) is 12.4. The first kappa shape index (κ1) is 28.9. The summed E-state index contributed by atoms with van der Waals surface area (Å²) in [5, 5.41) is 4.08. The molecule has 1 saturated heterocycles. The topological polar surface area (TPSA) is 69.7 Å². The highest BCUT2D eigenvalue weighted by atomic mass is 19.1. The van der Waals surface area contributed by atoms with Crippen LogP contribution in [0.15, 0.2) is 24.3 Å². The molecule has 4 rings (SSSR count). The summed E-state index contributed by atoms with van der Waals surface area (Å²) in [5.74, 6) is 1.10. The van der Waals surface area contributed by atoms with E-state index in [0.717, 1.165) is 43.8 Å². The minimum absolute atomic E-state index is 0.0499. The highest BCUT2D eigenvalue weighted by Crippen LogP contribution is 2.35. The summed E-state index contributed by atoms with van der Waals surface area (Å²) >= 11 is 0. The fourth-order valence-electron chi connectivity index (χ4n) is 4.88. The van der Waals surface area contributed by atoms with Gasteiger partial charge in [0.15, 0.2) is 5.65 Å². The van der Waals surface area contributed by atoms with Crippen LogP contribution in [0.5, 0.6) is 5.88 Å². The molecule has 0 spiro atoms. The van der Waals surface area contributed by atoms with Gasteiger partial charge >= 0.3 is 0 Å². The molecule has 0 aliphatic carbocycles. The Hall–Kier alpha value is -3.11. The minimum Gasteiger partial charge on any atom is -0.475 e. The molecular formula is C29H41F2N7O. The Kier molecular flexibility index (Phi) is 9.17. The predicted molar refractivity (Wildman–Crippen MR) is 153 cm³/mol. The molecule has 2 aromatic heterocycles. The van der Waals surface area contributed by atoms with Gasteiger partial charge in [-0.2, -0.15) is 4.98 Å². The maximum atomic E-state index is 15.1. The summed E-state index contributed by atoms with van der Waals surface area (Å²) in [5.41, 5.74) is 1.83. The number of anilines is 2. The van der Waals surface area contributed by atoms with Gasteiger partial charge in [0.1, 0.15) is 35.9 Å². The van der Waals surface area contributed by atoms with Crippen molar-refractivity contribution in [2.24, 2.45) is 0 Å². The van der Waals surface area contributed by atoms with Gasteiger partial charge < -0.3 is 19.9 Å². The number of rotatable bonds is 10. The van der Waals surface area contributed by atoms with Gasteiger partial charge in [0, 0.05) is 49.9 Å². The number of alkyl halides is 1. The summed E-state index contributed by atoms with van der Waals surface area (Å²) in [4.78, 5) is 20.9. The number of halogens is 2. The number of aryl methyl sites for hydroxylation is 1. The number of piperazine rings is 1. The molecule has 1 aliphatic rings. The molecule has 1 N–H and O–H groups in total. The third kappa shape index (κ3) is 6.73. The number of ether oxygens (including phenoxy) is 1. The Morgan fingerprint density at radius 1 is 1.03 bits per heavy atom. The minimum atomic E-state index is -1.40. The van der Waals surface area contributed by atoms with E-state index in [2.05, 4.69) is 43.8 Å². The van der Waals surface area contributed by atoms with Crippen molar-refractivity contribution in [3.63, 3.8) is 0 Å². The van der Waals surface area contributed by atoms with E-state index in [1.807, 2.05) is 27.1 Å². The Balaban J connectivity index is 1.72. The molecule has 1 fully saturated rings. The van der Waals surface area contributed by atoms with Crippen molar-refractivity contribution in [3.8, 4) is 5.88 Å². The normalized spacial score (nSPS) is 16.2. The molecule has 1 unspecified atom stereocenters. The molecule has 1 aromatic carbocycles. The molecule has 3 heterocycles. The van der Waals surface area contributed by atoms with Gasteiger partial charge in [-0.3, -0.25) is 4.90 Å². The summed E-state index contributed by atoms with van der Waals surface area (Å²) < 4.78 is 35.3.